The van der Waals surface area contributed by atoms with Crippen LogP contribution in [0, 0.1) is 5.82 Å². The molecule has 2 atom stereocenters. The number of hydrogen-bond donors (Lipinski definition) is 1. The topological polar surface area (TPSA) is 29.3 Å². The SMILES string of the molecule is CC1CC(N)CCN1Cc1cc(F)cc(Br)c1. The van der Waals surface area contributed by atoms with Crippen LogP contribution >= 0.6 is 15.9 Å². The van der Waals surface area contributed by atoms with Crippen molar-refractivity contribution < 1.29 is 4.39 Å². The van der Waals surface area contributed by atoms with Crippen molar-refractivity contribution in [2.45, 2.75) is 38.4 Å². The number of halogens is 2. The third kappa shape index (κ3) is 3.50. The van der Waals surface area contributed by atoms with Gasteiger partial charge in [0.2, 0.25) is 0 Å². The van der Waals surface area contributed by atoms with Crippen LogP contribution in [0.25, 0.3) is 0 Å². The van der Waals surface area contributed by atoms with Crippen molar-refractivity contribution in [2.24, 2.45) is 5.73 Å². The molecule has 2 nitrogen and oxygen atoms in total. The number of likely N-dealkylation sites (tertiary alicyclic amines) is 1. The normalized spacial score (nSPS) is 26.1. The quantitative estimate of drug-likeness (QED) is 0.910. The summed E-state index contributed by atoms with van der Waals surface area (Å²) in [6.45, 7) is 3.98. The number of rotatable bonds is 2. The molecule has 0 radical (unpaired) electrons. The molecule has 1 saturated heterocycles. The average Bonchev–Trinajstić information content (AvgIpc) is 2.21. The monoisotopic (exact) mass is 300 g/mol. The summed E-state index contributed by atoms with van der Waals surface area (Å²) in [5.41, 5.74) is 6.95. The van der Waals surface area contributed by atoms with E-state index in [1.54, 1.807) is 6.07 Å². The van der Waals surface area contributed by atoms with E-state index in [1.807, 2.05) is 6.07 Å². The molecular formula is C13H18BrFN2. The molecule has 0 saturated carbocycles. The second-order valence-electron chi connectivity index (χ2n) is 4.88. The van der Waals surface area contributed by atoms with Gasteiger partial charge in [0, 0.05) is 29.6 Å². The van der Waals surface area contributed by atoms with Crippen LogP contribution in [0.1, 0.15) is 25.3 Å². The third-order valence-electron chi connectivity index (χ3n) is 3.36. The lowest BCUT2D eigenvalue weighted by molar-refractivity contribution is 0.140. The summed E-state index contributed by atoms with van der Waals surface area (Å²) < 4.78 is 14.1. The Hall–Kier alpha value is -0.450. The third-order valence-corrected chi connectivity index (χ3v) is 3.82. The Morgan fingerprint density at radius 3 is 2.88 bits per heavy atom. The van der Waals surface area contributed by atoms with Gasteiger partial charge in [-0.2, -0.15) is 0 Å². The van der Waals surface area contributed by atoms with E-state index in [-0.39, 0.29) is 5.82 Å². The summed E-state index contributed by atoms with van der Waals surface area (Å²) in [5, 5.41) is 0. The highest BCUT2D eigenvalue weighted by Gasteiger charge is 2.23. The fraction of sp³-hybridized carbons (Fsp3) is 0.538. The smallest absolute Gasteiger partial charge is 0.124 e. The molecule has 0 amide bonds. The van der Waals surface area contributed by atoms with Crippen molar-refractivity contribution in [3.63, 3.8) is 0 Å². The predicted octanol–water partition coefficient (Wildman–Crippen LogP) is 2.90. The van der Waals surface area contributed by atoms with Gasteiger partial charge in [0.25, 0.3) is 0 Å². The van der Waals surface area contributed by atoms with Gasteiger partial charge in [-0.05, 0) is 43.5 Å². The average molecular weight is 301 g/mol. The van der Waals surface area contributed by atoms with Crippen molar-refractivity contribution in [3.8, 4) is 0 Å². The van der Waals surface area contributed by atoms with E-state index in [2.05, 4.69) is 27.8 Å². The van der Waals surface area contributed by atoms with E-state index in [1.165, 1.54) is 6.07 Å². The summed E-state index contributed by atoms with van der Waals surface area (Å²) in [4.78, 5) is 2.37. The van der Waals surface area contributed by atoms with Crippen molar-refractivity contribution in [3.05, 3.63) is 34.1 Å². The largest absolute Gasteiger partial charge is 0.328 e. The van der Waals surface area contributed by atoms with Crippen LogP contribution < -0.4 is 5.73 Å². The molecule has 1 aromatic carbocycles. The Balaban J connectivity index is 2.05. The molecule has 0 aliphatic carbocycles. The number of nitrogens with two attached hydrogens (primary N) is 1. The highest BCUT2D eigenvalue weighted by atomic mass is 79.9. The van der Waals surface area contributed by atoms with Gasteiger partial charge in [0.05, 0.1) is 0 Å². The molecule has 17 heavy (non-hydrogen) atoms. The first-order chi connectivity index (χ1) is 8.04. The molecule has 1 aliphatic heterocycles. The summed E-state index contributed by atoms with van der Waals surface area (Å²) in [7, 11) is 0. The second kappa shape index (κ2) is 5.46. The van der Waals surface area contributed by atoms with Gasteiger partial charge in [0.15, 0.2) is 0 Å². The van der Waals surface area contributed by atoms with Gasteiger partial charge in [-0.3, -0.25) is 4.90 Å². The molecule has 1 heterocycles. The molecule has 2 unspecified atom stereocenters. The molecule has 0 aromatic heterocycles. The second-order valence-corrected chi connectivity index (χ2v) is 5.80. The zero-order chi connectivity index (χ0) is 12.4. The van der Waals surface area contributed by atoms with Crippen LogP contribution in [0.2, 0.25) is 0 Å². The van der Waals surface area contributed by atoms with Crippen molar-refractivity contribution in [1.29, 1.82) is 0 Å². The maximum Gasteiger partial charge on any atom is 0.124 e. The van der Waals surface area contributed by atoms with Crippen LogP contribution in [0.5, 0.6) is 0 Å². The Labute approximate surface area is 110 Å². The number of benzene rings is 1. The Morgan fingerprint density at radius 2 is 2.24 bits per heavy atom. The first-order valence-corrected chi connectivity index (χ1v) is 6.78. The van der Waals surface area contributed by atoms with E-state index in [4.69, 9.17) is 5.73 Å². The van der Waals surface area contributed by atoms with Gasteiger partial charge in [-0.15, -0.1) is 0 Å². The van der Waals surface area contributed by atoms with Crippen LogP contribution in [0.4, 0.5) is 4.39 Å². The van der Waals surface area contributed by atoms with Gasteiger partial charge >= 0.3 is 0 Å². The minimum atomic E-state index is -0.185. The fourth-order valence-corrected chi connectivity index (χ4v) is 2.94. The zero-order valence-electron chi connectivity index (χ0n) is 10.00. The number of hydrogen-bond acceptors (Lipinski definition) is 2. The van der Waals surface area contributed by atoms with E-state index < -0.39 is 0 Å². The molecular weight excluding hydrogens is 283 g/mol. The molecule has 1 fully saturated rings. The molecule has 2 rings (SSSR count). The minimum absolute atomic E-state index is 0.185. The van der Waals surface area contributed by atoms with Crippen LogP contribution in [-0.4, -0.2) is 23.5 Å². The summed E-state index contributed by atoms with van der Waals surface area (Å²) >= 11 is 3.32. The Kier molecular flexibility index (Phi) is 4.17. The maximum absolute atomic E-state index is 13.3. The molecule has 0 bridgehead atoms. The molecule has 0 spiro atoms. The first-order valence-electron chi connectivity index (χ1n) is 5.99. The van der Waals surface area contributed by atoms with Gasteiger partial charge in [-0.1, -0.05) is 15.9 Å². The molecule has 4 heteroatoms. The number of nitrogens with zero attached hydrogens (tertiary/aromatic N) is 1. The van der Waals surface area contributed by atoms with Crippen LogP contribution in [0.15, 0.2) is 22.7 Å². The standard InChI is InChI=1S/C13H18BrFN2/c1-9-4-13(16)2-3-17(9)8-10-5-11(14)7-12(15)6-10/h5-7,9,13H,2-4,8,16H2,1H3. The highest BCUT2D eigenvalue weighted by Crippen LogP contribution is 2.21. The van der Waals surface area contributed by atoms with Gasteiger partial charge in [-0.25, -0.2) is 4.39 Å². The van der Waals surface area contributed by atoms with Crippen molar-refractivity contribution in [2.75, 3.05) is 6.54 Å². The molecule has 94 valence electrons. The van der Waals surface area contributed by atoms with E-state index in [0.717, 1.165) is 36.0 Å². The lowest BCUT2D eigenvalue weighted by Crippen LogP contribution is -2.44. The Bertz CT molecular complexity index is 377. The summed E-state index contributed by atoms with van der Waals surface area (Å²) in [5.74, 6) is -0.185. The van der Waals surface area contributed by atoms with E-state index in [0.29, 0.717) is 12.1 Å². The van der Waals surface area contributed by atoms with E-state index in [9.17, 15) is 4.39 Å². The Morgan fingerprint density at radius 1 is 1.47 bits per heavy atom. The molecule has 2 N–H and O–H groups in total. The lowest BCUT2D eigenvalue weighted by atomic mass is 9.98. The van der Waals surface area contributed by atoms with Gasteiger partial charge < -0.3 is 5.73 Å². The van der Waals surface area contributed by atoms with Crippen LogP contribution in [0.3, 0.4) is 0 Å². The first kappa shape index (κ1) is 13.0. The molecule has 1 aromatic rings. The highest BCUT2D eigenvalue weighted by molar-refractivity contribution is 9.10. The van der Waals surface area contributed by atoms with Crippen molar-refractivity contribution in [1.82, 2.24) is 4.90 Å². The maximum atomic E-state index is 13.3. The van der Waals surface area contributed by atoms with Crippen LogP contribution in [-0.2, 0) is 6.54 Å². The fourth-order valence-electron chi connectivity index (χ4n) is 2.43. The minimum Gasteiger partial charge on any atom is -0.328 e. The predicted molar refractivity (Wildman–Crippen MR) is 71.2 cm³/mol. The summed E-state index contributed by atoms with van der Waals surface area (Å²) in [6.07, 6.45) is 2.05. The lowest BCUT2D eigenvalue weighted by Gasteiger charge is -2.36. The van der Waals surface area contributed by atoms with Gasteiger partial charge in [0.1, 0.15) is 5.82 Å². The summed E-state index contributed by atoms with van der Waals surface area (Å²) in [6, 6.07) is 5.86. The van der Waals surface area contributed by atoms with E-state index >= 15 is 0 Å². The zero-order valence-corrected chi connectivity index (χ0v) is 11.6. The molecule has 1 aliphatic rings. The number of piperidine rings is 1. The van der Waals surface area contributed by atoms with Crippen molar-refractivity contribution >= 4 is 15.9 Å².